The highest BCUT2D eigenvalue weighted by molar-refractivity contribution is 6.10. The van der Waals surface area contributed by atoms with Crippen LogP contribution in [0.2, 0.25) is 0 Å². The van der Waals surface area contributed by atoms with Crippen molar-refractivity contribution in [1.29, 1.82) is 5.41 Å². The van der Waals surface area contributed by atoms with Crippen molar-refractivity contribution in [3.63, 3.8) is 0 Å². The molecule has 0 heterocycles. The summed E-state index contributed by atoms with van der Waals surface area (Å²) in [7, 11) is 0. The number of hydrogen-bond donors (Lipinski definition) is 1. The highest BCUT2D eigenvalue weighted by atomic mass is 19.4. The second-order valence-corrected chi connectivity index (χ2v) is 5.23. The molecule has 0 radical (unpaired) electrons. The third-order valence-corrected chi connectivity index (χ3v) is 3.37. The Bertz CT molecular complexity index is 623. The third kappa shape index (κ3) is 3.51. The van der Waals surface area contributed by atoms with E-state index in [2.05, 4.69) is 13.8 Å². The summed E-state index contributed by atoms with van der Waals surface area (Å²) in [4.78, 5) is 0. The van der Waals surface area contributed by atoms with Crippen LogP contribution in [0.5, 0.6) is 0 Å². The maximum absolute atomic E-state index is 12.5. The van der Waals surface area contributed by atoms with Crippen molar-refractivity contribution in [2.45, 2.75) is 25.9 Å². The number of hydrogen-bond acceptors (Lipinski definition) is 1. The average Bonchev–Trinajstić information content (AvgIpc) is 2.46. The lowest BCUT2D eigenvalue weighted by Gasteiger charge is -2.10. The van der Waals surface area contributed by atoms with Crippen LogP contribution in [0.1, 0.15) is 42.0 Å². The molecule has 2 rings (SSSR count). The number of halogens is 3. The smallest absolute Gasteiger partial charge is 0.300 e. The summed E-state index contributed by atoms with van der Waals surface area (Å²) < 4.78 is 37.5. The Labute approximate surface area is 121 Å². The van der Waals surface area contributed by atoms with Gasteiger partial charge in [0.25, 0.3) is 0 Å². The van der Waals surface area contributed by atoms with Crippen molar-refractivity contribution >= 4 is 5.71 Å². The molecule has 0 fully saturated rings. The first-order valence-corrected chi connectivity index (χ1v) is 6.65. The molecule has 110 valence electrons. The van der Waals surface area contributed by atoms with Crippen LogP contribution in [0.3, 0.4) is 0 Å². The van der Waals surface area contributed by atoms with Crippen LogP contribution in [-0.2, 0) is 6.18 Å². The topological polar surface area (TPSA) is 23.9 Å². The molecule has 0 saturated heterocycles. The minimum atomic E-state index is -4.35. The van der Waals surface area contributed by atoms with Crippen LogP contribution in [0.4, 0.5) is 13.2 Å². The van der Waals surface area contributed by atoms with E-state index in [0.29, 0.717) is 17.0 Å². The predicted octanol–water partition coefficient (Wildman–Crippen LogP) is 5.24. The van der Waals surface area contributed by atoms with E-state index >= 15 is 0 Å². The molecule has 0 aliphatic carbocycles. The maximum Gasteiger partial charge on any atom is 0.416 e. The van der Waals surface area contributed by atoms with Gasteiger partial charge in [0.05, 0.1) is 11.3 Å². The molecular formula is C17H16F3N. The van der Waals surface area contributed by atoms with E-state index in [1.807, 2.05) is 24.3 Å². The molecule has 1 N–H and O–H groups in total. The zero-order valence-corrected chi connectivity index (χ0v) is 11.8. The van der Waals surface area contributed by atoms with Gasteiger partial charge >= 0.3 is 6.18 Å². The van der Waals surface area contributed by atoms with Gasteiger partial charge in [-0.3, -0.25) is 5.41 Å². The summed E-state index contributed by atoms with van der Waals surface area (Å²) in [5, 5.41) is 8.09. The molecule has 0 aromatic heterocycles. The van der Waals surface area contributed by atoms with Crippen molar-refractivity contribution in [3.05, 3.63) is 70.8 Å². The van der Waals surface area contributed by atoms with Gasteiger partial charge in [0.1, 0.15) is 0 Å². The Morgan fingerprint density at radius 1 is 0.857 bits per heavy atom. The molecule has 0 saturated carbocycles. The van der Waals surface area contributed by atoms with E-state index in [1.54, 1.807) is 0 Å². The number of alkyl halides is 3. The molecular weight excluding hydrogens is 275 g/mol. The van der Waals surface area contributed by atoms with Gasteiger partial charge in [-0.2, -0.15) is 13.2 Å². The number of nitrogens with one attached hydrogen (secondary N) is 1. The molecule has 0 spiro atoms. The van der Waals surface area contributed by atoms with Gasteiger partial charge in [0.2, 0.25) is 0 Å². The fraction of sp³-hybridized carbons (Fsp3) is 0.235. The second kappa shape index (κ2) is 5.72. The Hall–Kier alpha value is -2.10. The van der Waals surface area contributed by atoms with E-state index in [9.17, 15) is 13.2 Å². The molecule has 4 heteroatoms. The standard InChI is InChI=1S/C17H16F3N/c1-11(2)12-3-5-13(6-4-12)16(21)14-7-9-15(10-8-14)17(18,19)20/h3-11,21H,1-2H3. The highest BCUT2D eigenvalue weighted by Crippen LogP contribution is 2.29. The lowest BCUT2D eigenvalue weighted by Crippen LogP contribution is -2.06. The average molecular weight is 291 g/mol. The molecule has 0 unspecified atom stereocenters. The van der Waals surface area contributed by atoms with Crippen LogP contribution in [0.15, 0.2) is 48.5 Å². The lowest BCUT2D eigenvalue weighted by atomic mass is 9.97. The monoisotopic (exact) mass is 291 g/mol. The molecule has 2 aromatic rings. The molecule has 0 aliphatic rings. The number of rotatable bonds is 3. The van der Waals surface area contributed by atoms with Crippen LogP contribution in [0, 0.1) is 5.41 Å². The first-order chi connectivity index (χ1) is 9.79. The predicted molar refractivity (Wildman–Crippen MR) is 77.9 cm³/mol. The van der Waals surface area contributed by atoms with Crippen LogP contribution in [-0.4, -0.2) is 5.71 Å². The Morgan fingerprint density at radius 3 is 1.67 bits per heavy atom. The van der Waals surface area contributed by atoms with Crippen molar-refractivity contribution in [1.82, 2.24) is 0 Å². The molecule has 0 atom stereocenters. The zero-order valence-electron chi connectivity index (χ0n) is 11.8. The van der Waals surface area contributed by atoms with E-state index in [-0.39, 0.29) is 5.71 Å². The van der Waals surface area contributed by atoms with Crippen LogP contribution < -0.4 is 0 Å². The number of benzene rings is 2. The maximum atomic E-state index is 12.5. The summed E-state index contributed by atoms with van der Waals surface area (Å²) in [5.74, 6) is 0.402. The summed E-state index contributed by atoms with van der Waals surface area (Å²) in [6.07, 6.45) is -4.35. The summed E-state index contributed by atoms with van der Waals surface area (Å²) in [5.41, 5.74) is 1.85. The van der Waals surface area contributed by atoms with Crippen molar-refractivity contribution in [2.75, 3.05) is 0 Å². The van der Waals surface area contributed by atoms with Gasteiger partial charge in [0, 0.05) is 11.1 Å². The fourth-order valence-corrected chi connectivity index (χ4v) is 2.03. The molecule has 21 heavy (non-hydrogen) atoms. The van der Waals surface area contributed by atoms with E-state index in [0.717, 1.165) is 12.1 Å². The minimum absolute atomic E-state index is 0.221. The van der Waals surface area contributed by atoms with Gasteiger partial charge in [-0.15, -0.1) is 0 Å². The van der Waals surface area contributed by atoms with E-state index in [1.165, 1.54) is 17.7 Å². The second-order valence-electron chi connectivity index (χ2n) is 5.23. The van der Waals surface area contributed by atoms with Gasteiger partial charge in [-0.25, -0.2) is 0 Å². The Balaban J connectivity index is 2.23. The fourth-order valence-electron chi connectivity index (χ4n) is 2.03. The van der Waals surface area contributed by atoms with Gasteiger partial charge in [0.15, 0.2) is 0 Å². The first kappa shape index (κ1) is 15.3. The zero-order chi connectivity index (χ0) is 15.6. The Morgan fingerprint density at radius 2 is 1.29 bits per heavy atom. The van der Waals surface area contributed by atoms with Gasteiger partial charge in [-0.1, -0.05) is 50.2 Å². The van der Waals surface area contributed by atoms with Crippen molar-refractivity contribution in [2.24, 2.45) is 0 Å². The molecule has 0 amide bonds. The van der Waals surface area contributed by atoms with Crippen LogP contribution in [0.25, 0.3) is 0 Å². The van der Waals surface area contributed by atoms with Crippen LogP contribution >= 0.6 is 0 Å². The Kier molecular flexibility index (Phi) is 4.16. The summed E-state index contributed by atoms with van der Waals surface area (Å²) in [6, 6.07) is 12.2. The van der Waals surface area contributed by atoms with E-state index in [4.69, 9.17) is 5.41 Å². The third-order valence-electron chi connectivity index (χ3n) is 3.37. The molecule has 0 aliphatic heterocycles. The lowest BCUT2D eigenvalue weighted by molar-refractivity contribution is -0.137. The SMILES string of the molecule is CC(C)c1ccc(C(=N)c2ccc(C(F)(F)F)cc2)cc1. The first-order valence-electron chi connectivity index (χ1n) is 6.65. The summed E-state index contributed by atoms with van der Waals surface area (Å²) >= 11 is 0. The van der Waals surface area contributed by atoms with Crippen molar-refractivity contribution in [3.8, 4) is 0 Å². The quantitative estimate of drug-likeness (QED) is 0.747. The van der Waals surface area contributed by atoms with Crippen molar-refractivity contribution < 1.29 is 13.2 Å². The minimum Gasteiger partial charge on any atom is -0.300 e. The molecule has 2 aromatic carbocycles. The van der Waals surface area contributed by atoms with Gasteiger partial charge < -0.3 is 0 Å². The summed E-state index contributed by atoms with van der Waals surface area (Å²) in [6.45, 7) is 4.16. The van der Waals surface area contributed by atoms with E-state index < -0.39 is 11.7 Å². The normalized spacial score (nSPS) is 11.7. The molecule has 0 bridgehead atoms. The largest absolute Gasteiger partial charge is 0.416 e. The highest BCUT2D eigenvalue weighted by Gasteiger charge is 2.30. The molecule has 1 nitrogen and oxygen atoms in total. The van der Waals surface area contributed by atoms with Gasteiger partial charge in [-0.05, 0) is 23.6 Å².